The Morgan fingerprint density at radius 3 is 1.92 bits per heavy atom. The molecule has 0 aromatic rings. The molecule has 5 atom stereocenters. The van der Waals surface area contributed by atoms with Crippen LogP contribution in [0.25, 0.3) is 0 Å². The van der Waals surface area contributed by atoms with Gasteiger partial charge in [-0.05, 0) is 26.2 Å². The Hall–Kier alpha value is -3.99. The summed E-state index contributed by atoms with van der Waals surface area (Å²) in [4.78, 5) is 74.6. The van der Waals surface area contributed by atoms with Gasteiger partial charge in [0.15, 0.2) is 5.96 Å². The van der Waals surface area contributed by atoms with Gasteiger partial charge in [0.1, 0.15) is 18.1 Å². The van der Waals surface area contributed by atoms with Crippen molar-refractivity contribution in [3.8, 4) is 0 Å². The quantitative estimate of drug-likeness (QED) is 0.0491. The smallest absolute Gasteiger partial charge is 0.326 e. The zero-order chi connectivity index (χ0) is 28.0. The largest absolute Gasteiger partial charge is 0.481 e. The average Bonchev–Trinajstić information content (AvgIpc) is 2.75. The van der Waals surface area contributed by atoms with E-state index in [9.17, 15) is 33.9 Å². The fourth-order valence-electron chi connectivity index (χ4n) is 2.78. The highest BCUT2D eigenvalue weighted by atomic mass is 16.4. The number of primary amides is 1. The number of amides is 4. The van der Waals surface area contributed by atoms with Crippen LogP contribution in [-0.4, -0.2) is 93.7 Å². The number of carbonyl (C=O) groups is 6. The van der Waals surface area contributed by atoms with Crippen molar-refractivity contribution in [2.45, 2.75) is 69.3 Å². The SMILES string of the molecule is CC(O)C(NC(=O)C(CCCN=C(N)N)NC(=O)C(N)CCC(=O)O)C(=O)NC(CC(N)=O)C(=O)O. The van der Waals surface area contributed by atoms with Gasteiger partial charge in [0, 0.05) is 13.0 Å². The Bertz CT molecular complexity index is 845. The van der Waals surface area contributed by atoms with Gasteiger partial charge in [-0.15, -0.1) is 0 Å². The van der Waals surface area contributed by atoms with Crippen LogP contribution in [0.5, 0.6) is 0 Å². The van der Waals surface area contributed by atoms with E-state index in [1.165, 1.54) is 0 Å². The predicted molar refractivity (Wildman–Crippen MR) is 124 cm³/mol. The van der Waals surface area contributed by atoms with E-state index in [1.807, 2.05) is 5.32 Å². The fraction of sp³-hybridized carbons (Fsp3) is 0.632. The Morgan fingerprint density at radius 2 is 1.44 bits per heavy atom. The van der Waals surface area contributed by atoms with Gasteiger partial charge >= 0.3 is 11.9 Å². The van der Waals surface area contributed by atoms with Crippen molar-refractivity contribution in [3.63, 3.8) is 0 Å². The summed E-state index contributed by atoms with van der Waals surface area (Å²) in [7, 11) is 0. The number of nitrogens with one attached hydrogen (secondary N) is 3. The molecule has 0 spiro atoms. The first kappa shape index (κ1) is 32.0. The summed E-state index contributed by atoms with van der Waals surface area (Å²) in [5.74, 6) is -6.88. The molecule has 36 heavy (non-hydrogen) atoms. The Kier molecular flexibility index (Phi) is 14.1. The second-order valence-corrected chi connectivity index (χ2v) is 7.85. The number of aliphatic hydroxyl groups is 1. The molecule has 0 aromatic heterocycles. The molecule has 0 radical (unpaired) electrons. The van der Waals surface area contributed by atoms with Crippen molar-refractivity contribution in [2.75, 3.05) is 6.54 Å². The van der Waals surface area contributed by atoms with Crippen LogP contribution < -0.4 is 38.9 Å². The van der Waals surface area contributed by atoms with E-state index < -0.39 is 78.7 Å². The van der Waals surface area contributed by atoms with Crippen molar-refractivity contribution in [2.24, 2.45) is 27.9 Å². The Morgan fingerprint density at radius 1 is 0.861 bits per heavy atom. The van der Waals surface area contributed by atoms with E-state index in [0.29, 0.717) is 0 Å². The summed E-state index contributed by atoms with van der Waals surface area (Å²) in [6, 6.07) is -5.95. The zero-order valence-corrected chi connectivity index (χ0v) is 19.7. The maximum Gasteiger partial charge on any atom is 0.326 e. The van der Waals surface area contributed by atoms with Crippen molar-refractivity contribution in [1.82, 2.24) is 16.0 Å². The number of carboxylic acids is 2. The van der Waals surface area contributed by atoms with Gasteiger partial charge in [0.05, 0.1) is 18.6 Å². The monoisotopic (exact) mass is 518 g/mol. The third kappa shape index (κ3) is 13.0. The standard InChI is InChI=1S/C19H34N8O9/c1-8(28)14(17(34)26-11(18(35)36)7-12(21)29)27-16(33)10(3-2-6-24-19(22)23)25-15(32)9(20)4-5-13(30)31/h8-11,14,28H,2-7,20H2,1H3,(H2,21,29)(H,25,32)(H,26,34)(H,27,33)(H,30,31)(H,35,36)(H4,22,23,24). The van der Waals surface area contributed by atoms with E-state index in [1.54, 1.807) is 0 Å². The first-order valence-electron chi connectivity index (χ1n) is 10.8. The van der Waals surface area contributed by atoms with Crippen LogP contribution in [-0.2, 0) is 28.8 Å². The van der Waals surface area contributed by atoms with E-state index in [-0.39, 0.29) is 31.8 Å². The molecule has 0 rings (SSSR count). The Balaban J connectivity index is 5.55. The molecule has 0 saturated heterocycles. The van der Waals surface area contributed by atoms with Gasteiger partial charge in [0.25, 0.3) is 0 Å². The zero-order valence-electron chi connectivity index (χ0n) is 19.7. The molecule has 4 amide bonds. The van der Waals surface area contributed by atoms with Crippen LogP contribution in [0, 0.1) is 0 Å². The van der Waals surface area contributed by atoms with Gasteiger partial charge in [-0.3, -0.25) is 29.0 Å². The molecule has 0 heterocycles. The number of guanidine groups is 1. The van der Waals surface area contributed by atoms with Crippen molar-refractivity contribution in [1.29, 1.82) is 0 Å². The molecule has 204 valence electrons. The second kappa shape index (κ2) is 15.8. The van der Waals surface area contributed by atoms with Crippen LogP contribution in [0.1, 0.15) is 39.0 Å². The predicted octanol–water partition coefficient (Wildman–Crippen LogP) is -4.97. The maximum absolute atomic E-state index is 12.9. The van der Waals surface area contributed by atoms with E-state index in [2.05, 4.69) is 15.6 Å². The van der Waals surface area contributed by atoms with Crippen molar-refractivity contribution >= 4 is 41.5 Å². The number of carbonyl (C=O) groups excluding carboxylic acids is 4. The molecule has 17 heteroatoms. The molecule has 0 saturated carbocycles. The lowest BCUT2D eigenvalue weighted by atomic mass is 10.1. The maximum atomic E-state index is 12.9. The molecule has 0 aliphatic rings. The van der Waals surface area contributed by atoms with E-state index >= 15 is 0 Å². The summed E-state index contributed by atoms with van der Waals surface area (Å²) >= 11 is 0. The lowest BCUT2D eigenvalue weighted by Gasteiger charge is -2.26. The molecule has 0 aromatic carbocycles. The summed E-state index contributed by atoms with van der Waals surface area (Å²) in [6.07, 6.45) is -2.72. The highest BCUT2D eigenvalue weighted by Crippen LogP contribution is 2.04. The molecule has 0 fully saturated rings. The first-order valence-corrected chi connectivity index (χ1v) is 10.8. The number of hydrogen-bond acceptors (Lipinski definition) is 9. The topological polar surface area (TPSA) is 316 Å². The van der Waals surface area contributed by atoms with Crippen LogP contribution in [0.3, 0.4) is 0 Å². The second-order valence-electron chi connectivity index (χ2n) is 7.85. The van der Waals surface area contributed by atoms with Gasteiger partial charge in [0.2, 0.25) is 23.6 Å². The van der Waals surface area contributed by atoms with Crippen molar-refractivity contribution in [3.05, 3.63) is 0 Å². The molecular formula is C19H34N8O9. The van der Waals surface area contributed by atoms with Crippen molar-refractivity contribution < 1.29 is 44.1 Å². The number of carboxylic acid groups (broad SMARTS) is 2. The average molecular weight is 519 g/mol. The minimum Gasteiger partial charge on any atom is -0.481 e. The van der Waals surface area contributed by atoms with Gasteiger partial charge < -0.3 is 54.2 Å². The van der Waals surface area contributed by atoms with Gasteiger partial charge in [-0.1, -0.05) is 0 Å². The van der Waals surface area contributed by atoms with Crippen LogP contribution in [0.2, 0.25) is 0 Å². The van der Waals surface area contributed by atoms with Gasteiger partial charge in [-0.25, -0.2) is 4.79 Å². The number of aliphatic hydroxyl groups excluding tert-OH is 1. The first-order chi connectivity index (χ1) is 16.6. The number of nitrogens with two attached hydrogens (primary N) is 4. The molecule has 0 bridgehead atoms. The lowest BCUT2D eigenvalue weighted by molar-refractivity contribution is -0.144. The third-order valence-electron chi connectivity index (χ3n) is 4.67. The van der Waals surface area contributed by atoms with Gasteiger partial charge in [-0.2, -0.15) is 0 Å². The molecule has 14 N–H and O–H groups in total. The van der Waals surface area contributed by atoms with E-state index in [0.717, 1.165) is 6.92 Å². The minimum atomic E-state index is -1.71. The van der Waals surface area contributed by atoms with Crippen LogP contribution >= 0.6 is 0 Å². The summed E-state index contributed by atoms with van der Waals surface area (Å²) in [5, 5.41) is 34.4. The van der Waals surface area contributed by atoms with Crippen LogP contribution in [0.15, 0.2) is 4.99 Å². The summed E-state index contributed by atoms with van der Waals surface area (Å²) < 4.78 is 0. The summed E-state index contributed by atoms with van der Waals surface area (Å²) in [5.41, 5.74) is 21.1. The lowest BCUT2D eigenvalue weighted by Crippen LogP contribution is -2.60. The summed E-state index contributed by atoms with van der Waals surface area (Å²) in [6.45, 7) is 1.23. The third-order valence-corrected chi connectivity index (χ3v) is 4.67. The number of nitrogens with zero attached hydrogens (tertiary/aromatic N) is 1. The molecule has 0 aliphatic carbocycles. The highest BCUT2D eigenvalue weighted by molar-refractivity contribution is 5.95. The number of aliphatic carboxylic acids is 2. The molecular weight excluding hydrogens is 484 g/mol. The Labute approximate surface area is 206 Å². The number of hydrogen-bond donors (Lipinski definition) is 10. The normalized spacial score (nSPS) is 14.8. The van der Waals surface area contributed by atoms with E-state index in [4.69, 9.17) is 33.1 Å². The fourth-order valence-corrected chi connectivity index (χ4v) is 2.78. The molecule has 17 nitrogen and oxygen atoms in total. The number of rotatable bonds is 17. The number of aliphatic imine (C=N–C) groups is 1. The molecule has 5 unspecified atom stereocenters. The van der Waals surface area contributed by atoms with Crippen LogP contribution in [0.4, 0.5) is 0 Å². The molecule has 0 aliphatic heterocycles. The minimum absolute atomic E-state index is 0.0480. The highest BCUT2D eigenvalue weighted by Gasteiger charge is 2.33.